The highest BCUT2D eigenvalue weighted by Crippen LogP contribution is 2.32. The van der Waals surface area contributed by atoms with E-state index in [1.807, 2.05) is 0 Å². The molecule has 13 heteroatoms. The van der Waals surface area contributed by atoms with Gasteiger partial charge >= 0.3 is 29.8 Å². The fourth-order valence-electron chi connectivity index (χ4n) is 3.67. The highest BCUT2D eigenvalue weighted by Gasteiger charge is 2.43. The fourth-order valence-corrected chi connectivity index (χ4v) is 3.67. The third-order valence-corrected chi connectivity index (χ3v) is 5.49. The summed E-state index contributed by atoms with van der Waals surface area (Å²) in [5.41, 5.74) is -2.70. The maximum Gasteiger partial charge on any atom is 0.510 e. The van der Waals surface area contributed by atoms with Crippen molar-refractivity contribution in [2.24, 2.45) is 14.1 Å². The number of fused-ring (bicyclic) bond motifs is 1. The van der Waals surface area contributed by atoms with Crippen LogP contribution >= 0.6 is 0 Å². The topological polar surface area (TPSA) is 105 Å². The van der Waals surface area contributed by atoms with Crippen molar-refractivity contribution in [1.29, 1.82) is 0 Å². The number of carboxylic acids is 1. The largest absolute Gasteiger partial charge is 0.510 e. The molecule has 0 spiro atoms. The van der Waals surface area contributed by atoms with Crippen LogP contribution < -0.4 is 10.6 Å². The number of nitrogens with zero attached hydrogens (tertiary/aromatic N) is 4. The quantitative estimate of drug-likeness (QED) is 0.345. The highest BCUT2D eigenvalue weighted by molar-refractivity contribution is 6.19. The van der Waals surface area contributed by atoms with E-state index in [1.54, 1.807) is 0 Å². The van der Waals surface area contributed by atoms with E-state index in [9.17, 15) is 41.8 Å². The van der Waals surface area contributed by atoms with Crippen LogP contribution in [0.4, 0.5) is 28.0 Å². The Morgan fingerprint density at radius 1 is 1.03 bits per heavy atom. The summed E-state index contributed by atoms with van der Waals surface area (Å²) in [5.74, 6) is -4.83. The van der Waals surface area contributed by atoms with E-state index in [2.05, 4.69) is 0 Å². The lowest BCUT2D eigenvalue weighted by molar-refractivity contribution is -0.348. The average molecular weight is 491 g/mol. The number of alkyl halides is 3. The first-order chi connectivity index (χ1) is 16.3. The van der Waals surface area contributed by atoms with Gasteiger partial charge in [-0.05, 0) is 24.3 Å². The molecule has 35 heavy (non-hydrogen) atoms. The number of amides is 3. The zero-order chi connectivity index (χ0) is 25.8. The average Bonchev–Trinajstić information content (AvgIpc) is 3.00. The van der Waals surface area contributed by atoms with Crippen LogP contribution in [-0.2, 0) is 29.9 Å². The molecule has 0 unspecified atom stereocenters. The molecule has 3 aromatic rings. The van der Waals surface area contributed by atoms with Gasteiger partial charge in [-0.1, -0.05) is 6.07 Å². The molecule has 9 nitrogen and oxygen atoms in total. The number of imidazole rings is 1. The third kappa shape index (κ3) is 3.80. The van der Waals surface area contributed by atoms with Crippen molar-refractivity contribution in [2.75, 3.05) is 4.90 Å². The minimum Gasteiger partial charge on any atom is -0.477 e. The second kappa shape index (κ2) is 8.04. The summed E-state index contributed by atoms with van der Waals surface area (Å²) >= 11 is 0. The van der Waals surface area contributed by atoms with E-state index < -0.39 is 46.6 Å². The van der Waals surface area contributed by atoms with E-state index in [4.69, 9.17) is 0 Å². The lowest BCUT2D eigenvalue weighted by Crippen LogP contribution is -2.45. The molecule has 0 aliphatic carbocycles. The summed E-state index contributed by atoms with van der Waals surface area (Å²) < 4.78 is 56.6. The van der Waals surface area contributed by atoms with E-state index in [0.717, 1.165) is 23.2 Å². The van der Waals surface area contributed by atoms with Crippen molar-refractivity contribution >= 4 is 40.8 Å². The number of hydrogen-bond donors (Lipinski definition) is 1. The number of carbonyl (C=O) groups excluding carboxylic acids is 2. The molecule has 0 radical (unpaired) electrons. The van der Waals surface area contributed by atoms with Gasteiger partial charge < -0.3 is 5.11 Å². The summed E-state index contributed by atoms with van der Waals surface area (Å²) in [4.78, 5) is 50.4. The molecule has 2 aromatic carbocycles. The van der Waals surface area contributed by atoms with Crippen molar-refractivity contribution in [3.63, 3.8) is 0 Å². The summed E-state index contributed by atoms with van der Waals surface area (Å²) in [6.45, 7) is 0. The Labute approximate surface area is 193 Å². The number of imide groups is 1. The van der Waals surface area contributed by atoms with E-state index >= 15 is 0 Å². The van der Waals surface area contributed by atoms with Gasteiger partial charge in [0.15, 0.2) is 5.57 Å². The molecule has 1 aromatic heterocycles. The molecule has 4 rings (SSSR count). The van der Waals surface area contributed by atoms with Gasteiger partial charge in [-0.2, -0.15) is 22.9 Å². The zero-order valence-corrected chi connectivity index (χ0v) is 18.0. The van der Waals surface area contributed by atoms with Gasteiger partial charge in [0.25, 0.3) is 0 Å². The molecule has 2 heterocycles. The van der Waals surface area contributed by atoms with Crippen molar-refractivity contribution in [2.45, 2.75) is 6.18 Å². The number of benzene rings is 2. The molecule has 180 valence electrons. The van der Waals surface area contributed by atoms with Crippen molar-refractivity contribution < 1.29 is 41.6 Å². The minimum atomic E-state index is -5.04. The maximum absolute atomic E-state index is 14.5. The number of halogens is 4. The smallest absolute Gasteiger partial charge is 0.477 e. The number of hydrogen-bond acceptors (Lipinski definition) is 4. The van der Waals surface area contributed by atoms with Gasteiger partial charge in [0.2, 0.25) is 0 Å². The van der Waals surface area contributed by atoms with Crippen LogP contribution in [-0.4, -0.2) is 42.9 Å². The predicted molar refractivity (Wildman–Crippen MR) is 114 cm³/mol. The molecular weight excluding hydrogens is 476 g/mol. The van der Waals surface area contributed by atoms with Crippen LogP contribution in [0.5, 0.6) is 0 Å². The number of aryl methyl sites for hydroxylation is 2. The van der Waals surface area contributed by atoms with Crippen molar-refractivity contribution in [3.05, 3.63) is 75.6 Å². The number of rotatable bonds is 3. The van der Waals surface area contributed by atoms with Gasteiger partial charge in [0.05, 0.1) is 22.2 Å². The molecule has 3 amide bonds. The van der Waals surface area contributed by atoms with Crippen molar-refractivity contribution in [1.82, 2.24) is 9.13 Å². The van der Waals surface area contributed by atoms with Crippen LogP contribution in [0, 0.1) is 5.82 Å². The third-order valence-electron chi connectivity index (χ3n) is 5.49. The number of carbonyl (C=O) groups is 3. The standard InChI is InChI=1S/C22H14F4N4O5/c1-27-15-7-6-12(8-16(15)28(2)20(27)34)29-10-13(19(32)33)18(31)30(21(29)35)9-11-4-3-5-14(17(11)23)22(24,25)26/h3-10H,1-2H3/p+1/b30-9+. The second-order valence-electron chi connectivity index (χ2n) is 7.58. The lowest BCUT2D eigenvalue weighted by Gasteiger charge is -2.18. The summed E-state index contributed by atoms with van der Waals surface area (Å²) in [7, 11) is 3.00. The van der Waals surface area contributed by atoms with Crippen LogP contribution in [0.25, 0.3) is 11.0 Å². The normalized spacial score (nSPS) is 15.8. The first-order valence-electron chi connectivity index (χ1n) is 9.81. The van der Waals surface area contributed by atoms with Crippen molar-refractivity contribution in [3.8, 4) is 0 Å². The lowest BCUT2D eigenvalue weighted by atomic mass is 10.1. The second-order valence-corrected chi connectivity index (χ2v) is 7.58. The maximum atomic E-state index is 14.5. The SMILES string of the molecule is Cn1c(=O)n(C)c2cc(N3C=C(C(=O)O)C(=O)/[N+](=C\c4cccc(C(F)(F)F)c4F)C3=O)ccc21. The van der Waals surface area contributed by atoms with Gasteiger partial charge in [0.1, 0.15) is 23.9 Å². The molecule has 0 saturated heterocycles. The van der Waals surface area contributed by atoms with Crippen LogP contribution in [0.3, 0.4) is 0 Å². The van der Waals surface area contributed by atoms with E-state index in [-0.39, 0.29) is 16.0 Å². The molecule has 0 atom stereocenters. The molecule has 0 bridgehead atoms. The summed E-state index contributed by atoms with van der Waals surface area (Å²) in [5, 5.41) is 9.47. The number of anilines is 1. The van der Waals surface area contributed by atoms with Gasteiger partial charge in [0, 0.05) is 20.2 Å². The summed E-state index contributed by atoms with van der Waals surface area (Å²) in [6.07, 6.45) is -3.78. The fraction of sp³-hybridized carbons (Fsp3) is 0.136. The molecule has 0 saturated carbocycles. The Bertz CT molecular complexity index is 1560. The first kappa shape index (κ1) is 23.6. The zero-order valence-electron chi connectivity index (χ0n) is 18.0. The highest BCUT2D eigenvalue weighted by atomic mass is 19.4. The van der Waals surface area contributed by atoms with Gasteiger partial charge in [-0.15, -0.1) is 4.58 Å². The van der Waals surface area contributed by atoms with Crippen LogP contribution in [0.15, 0.2) is 53.0 Å². The first-order valence-corrected chi connectivity index (χ1v) is 9.81. The Kier molecular flexibility index (Phi) is 5.42. The number of carboxylic acid groups (broad SMARTS) is 1. The van der Waals surface area contributed by atoms with E-state index in [1.165, 1.54) is 41.4 Å². The monoisotopic (exact) mass is 491 g/mol. The van der Waals surface area contributed by atoms with Crippen LogP contribution in [0.2, 0.25) is 0 Å². The van der Waals surface area contributed by atoms with Crippen LogP contribution in [0.1, 0.15) is 11.1 Å². The van der Waals surface area contributed by atoms with Gasteiger partial charge in [-0.3, -0.25) is 9.13 Å². The molecule has 1 aliphatic rings. The van der Waals surface area contributed by atoms with E-state index in [0.29, 0.717) is 23.3 Å². The minimum absolute atomic E-state index is 0.0536. The molecular formula is C22H15F4N4O5+. The molecule has 1 N–H and O–H groups in total. The Balaban J connectivity index is 1.90. The Hall–Kier alpha value is -4.55. The Morgan fingerprint density at radius 3 is 2.31 bits per heavy atom. The molecule has 0 fully saturated rings. The van der Waals surface area contributed by atoms with Gasteiger partial charge in [-0.25, -0.2) is 18.8 Å². The number of aromatic nitrogens is 2. The number of aliphatic carboxylic acids is 1. The predicted octanol–water partition coefficient (Wildman–Crippen LogP) is 2.60. The number of urea groups is 1. The Morgan fingerprint density at radius 2 is 1.69 bits per heavy atom. The summed E-state index contributed by atoms with van der Waals surface area (Å²) in [6, 6.07) is 5.37. The molecule has 1 aliphatic heterocycles.